The van der Waals surface area contributed by atoms with Crippen LogP contribution in [0.4, 0.5) is 0 Å². The summed E-state index contributed by atoms with van der Waals surface area (Å²) < 4.78 is 23.1. The number of allylic oxidation sites excluding steroid dienone is 12. The standard InChI is InChI=1S/C46H81N2O6P/c1-6-8-10-12-14-16-18-20-22-23-24-26-27-29-31-33-35-37-39-45(49)44(43-54-55(51,52)53-42-41-48(3,4)5)47-46(50)40-38-36-34-32-30-28-25-21-19-17-15-13-11-9-7-2/h9,11,15,17,21,25,29-32,36-39,44-45,49H,6-8,10,12-14,16,18-20,22-24,26-28,33-35,40-43H2,1-5H3,(H-,47,50,51,52)/b11-9-,17-15-,25-21-,31-29+,32-30-,38-36-,39-37+. The van der Waals surface area contributed by atoms with Crippen molar-refractivity contribution >= 4 is 13.7 Å². The Kier molecular flexibility index (Phi) is 35.7. The van der Waals surface area contributed by atoms with Gasteiger partial charge in [0.25, 0.3) is 7.82 Å². The van der Waals surface area contributed by atoms with E-state index in [4.69, 9.17) is 9.05 Å². The molecule has 0 aliphatic rings. The van der Waals surface area contributed by atoms with Crippen molar-refractivity contribution in [3.63, 3.8) is 0 Å². The number of carbonyl (C=O) groups is 1. The van der Waals surface area contributed by atoms with Crippen molar-refractivity contribution in [3.8, 4) is 0 Å². The molecular weight excluding hydrogens is 707 g/mol. The minimum atomic E-state index is -4.62. The first kappa shape index (κ1) is 52.7. The van der Waals surface area contributed by atoms with Gasteiger partial charge in [-0.1, -0.05) is 170 Å². The van der Waals surface area contributed by atoms with E-state index < -0.39 is 26.6 Å². The van der Waals surface area contributed by atoms with Crippen LogP contribution in [0.1, 0.15) is 149 Å². The van der Waals surface area contributed by atoms with E-state index in [1.807, 2.05) is 39.4 Å². The lowest BCUT2D eigenvalue weighted by Crippen LogP contribution is -2.45. The molecule has 0 saturated carbocycles. The number of phosphoric ester groups is 1. The van der Waals surface area contributed by atoms with Crippen LogP contribution in [-0.4, -0.2) is 68.5 Å². The lowest BCUT2D eigenvalue weighted by molar-refractivity contribution is -0.870. The topological polar surface area (TPSA) is 108 Å². The van der Waals surface area contributed by atoms with Crippen molar-refractivity contribution in [2.45, 2.75) is 161 Å². The minimum Gasteiger partial charge on any atom is -0.756 e. The first-order chi connectivity index (χ1) is 26.5. The zero-order valence-corrected chi connectivity index (χ0v) is 36.5. The first-order valence-corrected chi connectivity index (χ1v) is 22.9. The number of aliphatic hydroxyl groups excluding tert-OH is 1. The van der Waals surface area contributed by atoms with Crippen LogP contribution in [0.3, 0.4) is 0 Å². The fraction of sp³-hybridized carbons (Fsp3) is 0.674. The van der Waals surface area contributed by atoms with Gasteiger partial charge < -0.3 is 28.8 Å². The van der Waals surface area contributed by atoms with Gasteiger partial charge in [-0.3, -0.25) is 9.36 Å². The fourth-order valence-corrected chi connectivity index (χ4v) is 6.19. The van der Waals surface area contributed by atoms with Gasteiger partial charge in [-0.05, 0) is 57.8 Å². The van der Waals surface area contributed by atoms with Crippen molar-refractivity contribution < 1.29 is 32.9 Å². The van der Waals surface area contributed by atoms with E-state index in [0.717, 1.165) is 44.9 Å². The SMILES string of the molecule is CC/C=C\C/C=C\C/C=C\C/C=C\C/C=C\CC(=O)NC(COP(=O)([O-])OCC[N+](C)(C)C)C(O)/C=C/CC/C=C/CCCCCCCCCCCCCC. The van der Waals surface area contributed by atoms with Crippen molar-refractivity contribution in [1.29, 1.82) is 0 Å². The summed E-state index contributed by atoms with van der Waals surface area (Å²) in [6, 6.07) is -0.961. The molecule has 55 heavy (non-hydrogen) atoms. The molecule has 0 spiro atoms. The molecule has 0 aliphatic carbocycles. The Bertz CT molecular complexity index is 1170. The van der Waals surface area contributed by atoms with Gasteiger partial charge in [0.05, 0.1) is 39.9 Å². The number of aliphatic hydroxyl groups is 1. The number of nitrogens with zero attached hydrogens (tertiary/aromatic N) is 1. The molecule has 1 amide bonds. The van der Waals surface area contributed by atoms with Crippen LogP contribution in [0.5, 0.6) is 0 Å². The van der Waals surface area contributed by atoms with Gasteiger partial charge in [-0.15, -0.1) is 0 Å². The molecule has 0 aromatic heterocycles. The maximum Gasteiger partial charge on any atom is 0.268 e. The molecule has 3 atom stereocenters. The maximum atomic E-state index is 12.8. The second kappa shape index (κ2) is 37.3. The number of unbranched alkanes of at least 4 members (excludes halogenated alkanes) is 13. The first-order valence-electron chi connectivity index (χ1n) is 21.4. The van der Waals surface area contributed by atoms with Gasteiger partial charge in [-0.25, -0.2) is 0 Å². The largest absolute Gasteiger partial charge is 0.756 e. The number of quaternary nitrogens is 1. The van der Waals surface area contributed by atoms with E-state index in [0.29, 0.717) is 17.4 Å². The number of amides is 1. The lowest BCUT2D eigenvalue weighted by Gasteiger charge is -2.29. The zero-order chi connectivity index (χ0) is 40.7. The molecule has 0 aromatic rings. The lowest BCUT2D eigenvalue weighted by atomic mass is 10.0. The van der Waals surface area contributed by atoms with E-state index in [1.165, 1.54) is 77.0 Å². The summed E-state index contributed by atoms with van der Waals surface area (Å²) in [6.45, 7) is 4.41. The second-order valence-corrected chi connectivity index (χ2v) is 16.7. The summed E-state index contributed by atoms with van der Waals surface area (Å²) in [5.74, 6) is -0.338. The summed E-state index contributed by atoms with van der Waals surface area (Å²) in [5.41, 5.74) is 0. The molecule has 0 rings (SSSR count). The quantitative estimate of drug-likeness (QED) is 0.0281. The normalized spacial score (nSPS) is 15.3. The average molecular weight is 789 g/mol. The minimum absolute atomic E-state index is 0.0271. The van der Waals surface area contributed by atoms with Crippen molar-refractivity contribution in [3.05, 3.63) is 85.1 Å². The van der Waals surface area contributed by atoms with E-state index >= 15 is 0 Å². The van der Waals surface area contributed by atoms with E-state index in [1.54, 1.807) is 12.2 Å². The average Bonchev–Trinajstić information content (AvgIpc) is 3.13. The monoisotopic (exact) mass is 789 g/mol. The molecule has 0 aliphatic heterocycles. The summed E-state index contributed by atoms with van der Waals surface area (Å²) in [7, 11) is 1.17. The number of likely N-dealkylation sites (N-methyl/N-ethyl adjacent to an activating group) is 1. The number of carbonyl (C=O) groups excluding carboxylic acids is 1. The van der Waals surface area contributed by atoms with Crippen molar-refractivity contribution in [2.75, 3.05) is 40.9 Å². The van der Waals surface area contributed by atoms with Crippen LogP contribution in [-0.2, 0) is 18.4 Å². The van der Waals surface area contributed by atoms with Crippen LogP contribution >= 0.6 is 7.82 Å². The molecule has 9 heteroatoms. The van der Waals surface area contributed by atoms with Crippen LogP contribution in [0.2, 0.25) is 0 Å². The molecule has 316 valence electrons. The zero-order valence-electron chi connectivity index (χ0n) is 35.6. The molecule has 0 saturated heterocycles. The van der Waals surface area contributed by atoms with Gasteiger partial charge in [-0.2, -0.15) is 0 Å². The molecule has 0 aromatic carbocycles. The molecule has 0 heterocycles. The number of rotatable bonds is 37. The maximum absolute atomic E-state index is 12.8. The van der Waals surface area contributed by atoms with Gasteiger partial charge in [0.15, 0.2) is 0 Å². The van der Waals surface area contributed by atoms with Crippen LogP contribution < -0.4 is 10.2 Å². The van der Waals surface area contributed by atoms with Crippen LogP contribution in [0, 0.1) is 0 Å². The third-order valence-corrected chi connectivity index (χ3v) is 9.83. The summed E-state index contributed by atoms with van der Waals surface area (Å²) in [4.78, 5) is 25.2. The van der Waals surface area contributed by atoms with Crippen molar-refractivity contribution in [1.82, 2.24) is 5.32 Å². The second-order valence-electron chi connectivity index (χ2n) is 15.3. The van der Waals surface area contributed by atoms with Gasteiger partial charge in [0, 0.05) is 6.42 Å². The number of nitrogens with one attached hydrogen (secondary N) is 1. The summed E-state index contributed by atoms with van der Waals surface area (Å²) in [6.07, 6.45) is 50.9. The smallest absolute Gasteiger partial charge is 0.268 e. The Labute approximate surface area is 337 Å². The number of hydrogen-bond donors (Lipinski definition) is 2. The third-order valence-electron chi connectivity index (χ3n) is 8.87. The van der Waals surface area contributed by atoms with Gasteiger partial charge in [0.1, 0.15) is 13.2 Å². The Hall–Kier alpha value is -2.32. The highest BCUT2D eigenvalue weighted by Crippen LogP contribution is 2.38. The molecule has 0 fully saturated rings. The highest BCUT2D eigenvalue weighted by atomic mass is 31.2. The van der Waals surface area contributed by atoms with Gasteiger partial charge >= 0.3 is 0 Å². The van der Waals surface area contributed by atoms with Crippen LogP contribution in [0.15, 0.2) is 85.1 Å². The fourth-order valence-electron chi connectivity index (χ4n) is 5.47. The Morgan fingerprint density at radius 3 is 1.65 bits per heavy atom. The van der Waals surface area contributed by atoms with E-state index in [9.17, 15) is 19.4 Å². The summed E-state index contributed by atoms with van der Waals surface area (Å²) in [5, 5.41) is 13.6. The molecule has 2 N–H and O–H groups in total. The Morgan fingerprint density at radius 1 is 0.655 bits per heavy atom. The molecule has 3 unspecified atom stereocenters. The van der Waals surface area contributed by atoms with Crippen LogP contribution in [0.25, 0.3) is 0 Å². The highest BCUT2D eigenvalue weighted by molar-refractivity contribution is 7.45. The predicted octanol–water partition coefficient (Wildman–Crippen LogP) is 11.2. The molecule has 0 radical (unpaired) electrons. The van der Waals surface area contributed by atoms with Crippen molar-refractivity contribution in [2.24, 2.45) is 0 Å². The predicted molar refractivity (Wildman–Crippen MR) is 233 cm³/mol. The van der Waals surface area contributed by atoms with Gasteiger partial charge in [0.2, 0.25) is 5.91 Å². The summed E-state index contributed by atoms with van der Waals surface area (Å²) >= 11 is 0. The Morgan fingerprint density at radius 2 is 1.13 bits per heavy atom. The third kappa shape index (κ3) is 39.7. The van der Waals surface area contributed by atoms with E-state index in [-0.39, 0.29) is 18.9 Å². The van der Waals surface area contributed by atoms with E-state index in [2.05, 4.69) is 73.8 Å². The number of hydrogen-bond acceptors (Lipinski definition) is 6. The highest BCUT2D eigenvalue weighted by Gasteiger charge is 2.22. The molecule has 0 bridgehead atoms. The number of phosphoric acid groups is 1. The molecule has 8 nitrogen and oxygen atoms in total. The molecular formula is C46H81N2O6P. The Balaban J connectivity index is 4.65.